The van der Waals surface area contributed by atoms with Gasteiger partial charge in [-0.15, -0.1) is 0 Å². The Morgan fingerprint density at radius 2 is 0.867 bits per heavy atom. The van der Waals surface area contributed by atoms with Gasteiger partial charge in [-0.3, -0.25) is 9.59 Å². The molecular formula is C38H71NO6. The fraction of sp³-hybridized carbons (Fsp3) is 0.868. The molecule has 7 heteroatoms. The van der Waals surface area contributed by atoms with Gasteiger partial charge in [0.2, 0.25) is 0 Å². The van der Waals surface area contributed by atoms with E-state index < -0.39 is 35.7 Å². The molecule has 0 saturated carbocycles. The first-order valence-corrected chi connectivity index (χ1v) is 18.7. The van der Waals surface area contributed by atoms with Gasteiger partial charge in [0, 0.05) is 37.6 Å². The summed E-state index contributed by atoms with van der Waals surface area (Å²) in [6.45, 7) is 9.87. The minimum atomic E-state index is -1.08. The Balaban J connectivity index is 4.40. The average molecular weight is 638 g/mol. The minimum Gasteiger partial charge on any atom is -0.550 e. The van der Waals surface area contributed by atoms with Gasteiger partial charge in [-0.25, -0.2) is 0 Å². The third-order valence-corrected chi connectivity index (χ3v) is 9.75. The molecule has 0 heterocycles. The largest absolute Gasteiger partial charge is 0.550 e. The van der Waals surface area contributed by atoms with Crippen LogP contribution < -0.4 is 5.11 Å². The molecule has 3 unspecified atom stereocenters. The lowest BCUT2D eigenvalue weighted by molar-refractivity contribution is -0.929. The molecule has 0 radical (unpaired) electrons. The molecule has 0 aromatic carbocycles. The number of allylic oxidation sites excluding steroid dienone is 2. The Hall–Kier alpha value is -1.89. The van der Waals surface area contributed by atoms with Gasteiger partial charge in [0.25, 0.3) is 0 Å². The van der Waals surface area contributed by atoms with Crippen LogP contribution in [0.5, 0.6) is 0 Å². The van der Waals surface area contributed by atoms with E-state index in [1.807, 2.05) is 0 Å². The molecule has 0 aromatic heterocycles. The molecule has 264 valence electrons. The van der Waals surface area contributed by atoms with Crippen molar-refractivity contribution in [1.82, 2.24) is 0 Å². The minimum absolute atomic E-state index is 0.431. The van der Waals surface area contributed by atoms with Crippen LogP contribution in [-0.2, 0) is 14.4 Å². The van der Waals surface area contributed by atoms with Gasteiger partial charge in [0.1, 0.15) is 0 Å². The van der Waals surface area contributed by atoms with E-state index in [4.69, 9.17) is 0 Å². The maximum atomic E-state index is 11.5. The predicted octanol–water partition coefficient (Wildman–Crippen LogP) is 8.79. The van der Waals surface area contributed by atoms with Crippen molar-refractivity contribution in [3.63, 3.8) is 0 Å². The Morgan fingerprint density at radius 1 is 0.533 bits per heavy atom. The average Bonchev–Trinajstić information content (AvgIpc) is 3.01. The fourth-order valence-electron chi connectivity index (χ4n) is 6.03. The van der Waals surface area contributed by atoms with E-state index in [1.165, 1.54) is 103 Å². The molecule has 0 fully saturated rings. The van der Waals surface area contributed by atoms with Gasteiger partial charge < -0.3 is 24.6 Å². The molecule has 0 rings (SSSR count). The number of nitrogens with zero attached hydrogens (tertiary/aromatic N) is 1. The molecule has 2 N–H and O–H groups in total. The van der Waals surface area contributed by atoms with Gasteiger partial charge in [-0.1, -0.05) is 136 Å². The van der Waals surface area contributed by atoms with E-state index in [-0.39, 0.29) is 0 Å². The first kappa shape index (κ1) is 43.1. The zero-order chi connectivity index (χ0) is 33.8. The molecule has 0 amide bonds. The number of rotatable bonds is 33. The summed E-state index contributed by atoms with van der Waals surface area (Å²) >= 11 is 0. The number of hydrogen-bond acceptors (Lipinski definition) is 4. The molecule has 7 nitrogen and oxygen atoms in total. The van der Waals surface area contributed by atoms with Crippen molar-refractivity contribution in [2.45, 2.75) is 169 Å². The second-order valence-corrected chi connectivity index (χ2v) is 14.0. The molecule has 45 heavy (non-hydrogen) atoms. The highest BCUT2D eigenvalue weighted by atomic mass is 16.4. The molecule has 0 spiro atoms. The lowest BCUT2D eigenvalue weighted by Gasteiger charge is -2.41. The molecular weight excluding hydrogens is 566 g/mol. The van der Waals surface area contributed by atoms with E-state index in [0.29, 0.717) is 43.4 Å². The molecule has 0 aliphatic carbocycles. The van der Waals surface area contributed by atoms with Crippen molar-refractivity contribution in [2.75, 3.05) is 26.2 Å². The highest BCUT2D eigenvalue weighted by Crippen LogP contribution is 2.21. The summed E-state index contributed by atoms with van der Waals surface area (Å²) in [6.07, 6.45) is 30.8. The second kappa shape index (κ2) is 28.3. The van der Waals surface area contributed by atoms with Crippen LogP contribution in [-0.4, -0.2) is 58.8 Å². The standard InChI is InChI=1S/C38H71NO6/c1-5-6-7-8-9-10-11-12-13-14-15-16-17-18-19-20-21-22-23-24-25-29-39(30-26-33(2)36(40)41,31-27-34(3)37(42)43)32-28-35(4)38(44)45/h22-23,33-35H,5-21,24-32H2,1-4H3,(H2-,40,41,42,43,44,45)/b23-22+. The summed E-state index contributed by atoms with van der Waals surface area (Å²) in [7, 11) is 0. The van der Waals surface area contributed by atoms with Crippen LogP contribution >= 0.6 is 0 Å². The predicted molar refractivity (Wildman–Crippen MR) is 184 cm³/mol. The van der Waals surface area contributed by atoms with E-state index in [0.717, 1.165) is 25.8 Å². The summed E-state index contributed by atoms with van der Waals surface area (Å²) in [4.78, 5) is 34.4. The van der Waals surface area contributed by atoms with Gasteiger partial charge in [0.15, 0.2) is 0 Å². The number of carboxylic acids is 3. The highest BCUT2D eigenvalue weighted by Gasteiger charge is 2.30. The van der Waals surface area contributed by atoms with Crippen LogP contribution in [0, 0.1) is 17.8 Å². The van der Waals surface area contributed by atoms with Gasteiger partial charge in [0.05, 0.1) is 38.0 Å². The van der Waals surface area contributed by atoms with Crippen LogP contribution in [0.3, 0.4) is 0 Å². The number of carbonyl (C=O) groups excluding carboxylic acids is 1. The van der Waals surface area contributed by atoms with Crippen LogP contribution in [0.4, 0.5) is 0 Å². The number of carbonyl (C=O) groups is 3. The number of hydrogen-bond donors (Lipinski definition) is 2. The molecule has 0 aliphatic heterocycles. The van der Waals surface area contributed by atoms with E-state index >= 15 is 0 Å². The van der Waals surface area contributed by atoms with Crippen LogP contribution in [0.15, 0.2) is 12.2 Å². The molecule has 0 saturated heterocycles. The number of quaternary nitrogens is 1. The van der Waals surface area contributed by atoms with Crippen molar-refractivity contribution in [1.29, 1.82) is 0 Å². The summed E-state index contributed by atoms with van der Waals surface area (Å²) < 4.78 is 0.555. The second-order valence-electron chi connectivity index (χ2n) is 14.0. The topological polar surface area (TPSA) is 115 Å². The van der Waals surface area contributed by atoms with E-state index in [9.17, 15) is 29.7 Å². The quantitative estimate of drug-likeness (QED) is 0.0422. The maximum Gasteiger partial charge on any atom is 0.306 e. The first-order valence-electron chi connectivity index (χ1n) is 18.7. The summed E-state index contributed by atoms with van der Waals surface area (Å²) in [5.74, 6) is -4.37. The highest BCUT2D eigenvalue weighted by molar-refractivity contribution is 5.69. The maximum absolute atomic E-state index is 11.5. The third-order valence-electron chi connectivity index (χ3n) is 9.75. The molecule has 0 aromatic rings. The van der Waals surface area contributed by atoms with Crippen molar-refractivity contribution in [3.05, 3.63) is 12.2 Å². The van der Waals surface area contributed by atoms with Crippen molar-refractivity contribution in [2.24, 2.45) is 17.8 Å². The SMILES string of the molecule is CCCCCCCCCCCCCCCCCC/C=C/CCC[N+](CCC(C)C(=O)[O-])(CCC(C)C(=O)O)CCC(C)C(=O)O. The van der Waals surface area contributed by atoms with Crippen LogP contribution in [0.25, 0.3) is 0 Å². The van der Waals surface area contributed by atoms with Gasteiger partial charge in [-0.05, 0) is 19.3 Å². The zero-order valence-corrected chi connectivity index (χ0v) is 29.7. The Bertz CT molecular complexity index is 722. The first-order chi connectivity index (χ1) is 21.5. The van der Waals surface area contributed by atoms with Crippen molar-refractivity contribution in [3.8, 4) is 0 Å². The summed E-state index contributed by atoms with van der Waals surface area (Å²) in [5.41, 5.74) is 0. The number of carboxylic acid groups (broad SMARTS) is 3. The Labute approximate surface area is 276 Å². The Kier molecular flexibility index (Phi) is 27.2. The molecule has 0 bridgehead atoms. The van der Waals surface area contributed by atoms with Crippen LogP contribution in [0.1, 0.15) is 169 Å². The molecule has 0 aliphatic rings. The van der Waals surface area contributed by atoms with E-state index in [1.54, 1.807) is 20.8 Å². The lowest BCUT2D eigenvalue weighted by atomic mass is 10.0. The summed E-state index contributed by atoms with van der Waals surface area (Å²) in [5, 5.41) is 30.3. The third kappa shape index (κ3) is 24.9. The zero-order valence-electron chi connectivity index (χ0n) is 29.7. The van der Waals surface area contributed by atoms with Crippen molar-refractivity contribution >= 4 is 17.9 Å². The van der Waals surface area contributed by atoms with Gasteiger partial charge >= 0.3 is 11.9 Å². The lowest BCUT2D eigenvalue weighted by Crippen LogP contribution is -2.52. The monoisotopic (exact) mass is 638 g/mol. The normalized spacial score (nSPS) is 15.1. The van der Waals surface area contributed by atoms with Crippen molar-refractivity contribution < 1.29 is 34.2 Å². The van der Waals surface area contributed by atoms with Gasteiger partial charge in [-0.2, -0.15) is 0 Å². The van der Waals surface area contributed by atoms with Crippen LogP contribution in [0.2, 0.25) is 0 Å². The molecule has 3 atom stereocenters. The fourth-order valence-corrected chi connectivity index (χ4v) is 6.03. The number of aliphatic carboxylic acids is 3. The van der Waals surface area contributed by atoms with E-state index in [2.05, 4.69) is 19.1 Å². The summed E-state index contributed by atoms with van der Waals surface area (Å²) in [6, 6.07) is 0. The smallest absolute Gasteiger partial charge is 0.306 e. The number of unbranched alkanes of at least 4 members (excludes halogenated alkanes) is 17. The Morgan fingerprint density at radius 3 is 1.22 bits per heavy atom.